The number of amides is 1. The normalized spacial score (nSPS) is 15.8. The molecule has 3 aromatic rings. The molecule has 5 N–H and O–H groups in total. The van der Waals surface area contributed by atoms with E-state index in [-0.39, 0.29) is 18.5 Å². The third kappa shape index (κ3) is 5.79. The van der Waals surface area contributed by atoms with Crippen molar-refractivity contribution in [3.8, 4) is 0 Å². The molecule has 192 valence electrons. The van der Waals surface area contributed by atoms with Crippen LogP contribution in [0.2, 0.25) is 10.0 Å². The second kappa shape index (κ2) is 11.5. The average Bonchev–Trinajstić information content (AvgIpc) is 3.28. The Hall–Kier alpha value is -3.82. The molecule has 0 saturated heterocycles. The lowest BCUT2D eigenvalue weighted by atomic mass is 9.95. The number of aliphatic imine (C=N–C) groups is 1. The van der Waals surface area contributed by atoms with E-state index < -0.39 is 6.04 Å². The summed E-state index contributed by atoms with van der Waals surface area (Å²) in [6, 6.07) is 10.4. The van der Waals surface area contributed by atoms with Crippen molar-refractivity contribution in [2.24, 2.45) is 4.99 Å². The van der Waals surface area contributed by atoms with Crippen LogP contribution in [-0.2, 0) is 11.2 Å². The Morgan fingerprint density at radius 1 is 1.27 bits per heavy atom. The van der Waals surface area contributed by atoms with Gasteiger partial charge in [-0.15, -0.1) is 0 Å². The number of fused-ring (bicyclic) bond motifs is 1. The number of nitrogens with one attached hydrogen (secondary N) is 5. The number of benzene rings is 2. The number of guanidine groups is 1. The van der Waals surface area contributed by atoms with Gasteiger partial charge in [-0.3, -0.25) is 10.1 Å². The van der Waals surface area contributed by atoms with Gasteiger partial charge in [0.05, 0.1) is 5.57 Å². The van der Waals surface area contributed by atoms with Crippen LogP contribution in [0.1, 0.15) is 31.0 Å². The molecule has 0 radical (unpaired) electrons. The lowest BCUT2D eigenvalue weighted by molar-refractivity contribution is -0.117. The predicted molar refractivity (Wildman–Crippen MR) is 148 cm³/mol. The van der Waals surface area contributed by atoms with Crippen LogP contribution in [0, 0.1) is 5.41 Å². The van der Waals surface area contributed by atoms with Crippen LogP contribution in [0.3, 0.4) is 0 Å². The Morgan fingerprint density at radius 2 is 2.08 bits per heavy atom. The number of nitrogens with zero attached hydrogens (tertiary/aromatic N) is 2. The van der Waals surface area contributed by atoms with Gasteiger partial charge in [0.15, 0.2) is 5.58 Å². The molecule has 0 saturated carbocycles. The number of aryl methyl sites for hydroxylation is 1. The molecule has 9 nitrogen and oxygen atoms in total. The van der Waals surface area contributed by atoms with Crippen LogP contribution >= 0.6 is 23.2 Å². The molecule has 0 spiro atoms. The van der Waals surface area contributed by atoms with Gasteiger partial charge in [0, 0.05) is 52.9 Å². The smallest absolute Gasteiger partial charge is 0.302 e. The van der Waals surface area contributed by atoms with E-state index in [1.165, 1.54) is 6.21 Å². The zero-order chi connectivity index (χ0) is 26.5. The van der Waals surface area contributed by atoms with Crippen molar-refractivity contribution in [1.82, 2.24) is 20.9 Å². The van der Waals surface area contributed by atoms with E-state index in [9.17, 15) is 4.79 Å². The number of aromatic nitrogens is 1. The number of para-hydroxylation sites is 1. The van der Waals surface area contributed by atoms with Crippen molar-refractivity contribution in [3.63, 3.8) is 0 Å². The van der Waals surface area contributed by atoms with Crippen molar-refractivity contribution in [1.29, 1.82) is 5.41 Å². The van der Waals surface area contributed by atoms with E-state index >= 15 is 0 Å². The number of hydrogen-bond acceptors (Lipinski definition) is 8. The number of rotatable bonds is 8. The highest BCUT2D eigenvalue weighted by Gasteiger charge is 2.31. The monoisotopic (exact) mass is 539 g/mol. The number of carbonyl (C=O) groups is 1. The average molecular weight is 540 g/mol. The fraction of sp³-hybridized carbons (Fsp3) is 0.231. The third-order valence-electron chi connectivity index (χ3n) is 5.81. The highest BCUT2D eigenvalue weighted by atomic mass is 35.5. The fourth-order valence-electron chi connectivity index (χ4n) is 4.03. The first-order valence-electron chi connectivity index (χ1n) is 11.7. The quantitative estimate of drug-likeness (QED) is 0.257. The molecule has 1 aliphatic rings. The first-order chi connectivity index (χ1) is 17.8. The number of hydrogen-bond donors (Lipinski definition) is 5. The maximum absolute atomic E-state index is 13.3. The maximum Gasteiger partial charge on any atom is 0.302 e. The zero-order valence-corrected chi connectivity index (χ0v) is 22.1. The Kier molecular flexibility index (Phi) is 8.15. The van der Waals surface area contributed by atoms with Gasteiger partial charge >= 0.3 is 6.01 Å². The SMILES string of the molecule is CCc1cccc2nc(NC3=NC(c4ccc(Cl)cc4Cl)C(C(=O)NC/C(C=N)=C/NC)=C(C)N3)oc12. The minimum atomic E-state index is -0.735. The molecule has 2 aromatic carbocycles. The van der Waals surface area contributed by atoms with Crippen molar-refractivity contribution in [2.45, 2.75) is 26.3 Å². The van der Waals surface area contributed by atoms with Crippen molar-refractivity contribution in [3.05, 3.63) is 80.6 Å². The van der Waals surface area contributed by atoms with E-state index in [1.807, 2.05) is 18.2 Å². The Bertz CT molecular complexity index is 1440. The molecule has 0 aliphatic carbocycles. The summed E-state index contributed by atoms with van der Waals surface area (Å²) in [5.41, 5.74) is 4.67. The van der Waals surface area contributed by atoms with Gasteiger partial charge in [-0.05, 0) is 37.1 Å². The molecule has 4 rings (SSSR count). The molecule has 37 heavy (non-hydrogen) atoms. The van der Waals surface area contributed by atoms with Crippen molar-refractivity contribution >= 4 is 58.4 Å². The van der Waals surface area contributed by atoms with Crippen molar-refractivity contribution in [2.75, 3.05) is 18.9 Å². The number of oxazole rings is 1. The van der Waals surface area contributed by atoms with E-state index in [2.05, 4.69) is 33.2 Å². The van der Waals surface area contributed by atoms with Gasteiger partial charge in [0.2, 0.25) is 5.96 Å². The molecule has 1 aromatic heterocycles. The number of carbonyl (C=O) groups excluding carboxylic acids is 1. The first-order valence-corrected chi connectivity index (χ1v) is 12.4. The van der Waals surface area contributed by atoms with Crippen LogP contribution in [0.5, 0.6) is 0 Å². The topological polar surface area (TPSA) is 127 Å². The second-order valence-corrected chi connectivity index (χ2v) is 9.15. The summed E-state index contributed by atoms with van der Waals surface area (Å²) in [5.74, 6) is 0.00653. The Balaban J connectivity index is 1.68. The number of allylic oxidation sites excluding steroid dienone is 1. The van der Waals surface area contributed by atoms with E-state index in [1.54, 1.807) is 38.4 Å². The molecular formula is C26H27Cl2N7O2. The molecule has 1 aliphatic heterocycles. The summed E-state index contributed by atoms with van der Waals surface area (Å²) in [5, 5.41) is 20.3. The fourth-order valence-corrected chi connectivity index (χ4v) is 4.54. The van der Waals surface area contributed by atoms with Gasteiger partial charge in [-0.1, -0.05) is 48.3 Å². The molecular weight excluding hydrogens is 513 g/mol. The van der Waals surface area contributed by atoms with Gasteiger partial charge < -0.3 is 25.8 Å². The highest BCUT2D eigenvalue weighted by molar-refractivity contribution is 6.35. The van der Waals surface area contributed by atoms with Crippen LogP contribution in [0.25, 0.3) is 11.1 Å². The molecule has 11 heteroatoms. The summed E-state index contributed by atoms with van der Waals surface area (Å²) in [4.78, 5) is 22.6. The highest BCUT2D eigenvalue weighted by Crippen LogP contribution is 2.36. The third-order valence-corrected chi connectivity index (χ3v) is 6.38. The summed E-state index contributed by atoms with van der Waals surface area (Å²) in [7, 11) is 1.73. The molecule has 0 fully saturated rings. The summed E-state index contributed by atoms with van der Waals surface area (Å²) < 4.78 is 5.97. The van der Waals surface area contributed by atoms with Crippen LogP contribution in [0.15, 0.2) is 68.9 Å². The summed E-state index contributed by atoms with van der Waals surface area (Å²) in [6.45, 7) is 4.00. The molecule has 0 bridgehead atoms. The molecule has 2 heterocycles. The standard InChI is InChI=1S/C26H27Cl2N7O2/c1-4-16-6-5-7-20-23(16)37-26(33-20)35-25-32-14(2)21(24(36)31-13-15(11-29)12-30-3)22(34-25)18-9-8-17(27)10-19(18)28/h5-12,22,29-30H,4,13H2,1-3H3,(H,31,36)(H2,32,33,34,35)/b15-12+,29-11?. The Labute approximate surface area is 224 Å². The second-order valence-electron chi connectivity index (χ2n) is 8.31. The van der Waals surface area contributed by atoms with E-state index in [4.69, 9.17) is 38.0 Å². The van der Waals surface area contributed by atoms with Gasteiger partial charge in [-0.2, -0.15) is 4.98 Å². The van der Waals surface area contributed by atoms with Gasteiger partial charge in [-0.25, -0.2) is 4.99 Å². The lowest BCUT2D eigenvalue weighted by Gasteiger charge is -2.27. The minimum Gasteiger partial charge on any atom is -0.423 e. The number of halogens is 2. The van der Waals surface area contributed by atoms with Gasteiger partial charge in [0.1, 0.15) is 11.6 Å². The Morgan fingerprint density at radius 3 is 2.78 bits per heavy atom. The zero-order valence-electron chi connectivity index (χ0n) is 20.6. The van der Waals surface area contributed by atoms with Crippen LogP contribution < -0.4 is 21.3 Å². The first kappa shape index (κ1) is 26.2. The lowest BCUT2D eigenvalue weighted by Crippen LogP contribution is -2.39. The van der Waals surface area contributed by atoms with Crippen molar-refractivity contribution < 1.29 is 9.21 Å². The van der Waals surface area contributed by atoms with Crippen LogP contribution in [-0.4, -0.2) is 36.7 Å². The van der Waals surface area contributed by atoms with E-state index in [0.717, 1.165) is 17.5 Å². The molecule has 1 amide bonds. The number of anilines is 1. The molecule has 1 unspecified atom stereocenters. The maximum atomic E-state index is 13.3. The predicted octanol–water partition coefficient (Wildman–Crippen LogP) is 4.95. The van der Waals surface area contributed by atoms with Gasteiger partial charge in [0.25, 0.3) is 5.91 Å². The van der Waals surface area contributed by atoms with E-state index in [0.29, 0.717) is 44.0 Å². The molecule has 1 atom stereocenters. The summed E-state index contributed by atoms with van der Waals surface area (Å²) >= 11 is 12.7. The van der Waals surface area contributed by atoms with Crippen LogP contribution in [0.4, 0.5) is 6.01 Å². The summed E-state index contributed by atoms with van der Waals surface area (Å²) in [6.07, 6.45) is 3.63. The minimum absolute atomic E-state index is 0.165. The largest absolute Gasteiger partial charge is 0.423 e.